The Morgan fingerprint density at radius 3 is 2.80 bits per heavy atom. The summed E-state index contributed by atoms with van der Waals surface area (Å²) in [5.41, 5.74) is 0. The Balaban J connectivity index is 1.70. The van der Waals surface area contributed by atoms with Crippen LogP contribution < -0.4 is 5.32 Å². The third kappa shape index (κ3) is 4.09. The highest BCUT2D eigenvalue weighted by atomic mass is 16.5. The highest BCUT2D eigenvalue weighted by Crippen LogP contribution is 2.29. The molecule has 0 bridgehead atoms. The number of ether oxygens (including phenoxy) is 1. The van der Waals surface area contributed by atoms with Crippen LogP contribution in [0, 0.1) is 5.92 Å². The third-order valence-electron chi connectivity index (χ3n) is 3.22. The molecule has 3 heteroatoms. The van der Waals surface area contributed by atoms with Gasteiger partial charge in [-0.3, -0.25) is 0 Å². The number of nitrogens with zero attached hydrogens (tertiary/aromatic N) is 1. The fraction of sp³-hybridized carbons (Fsp3) is 1.00. The Kier molecular flexibility index (Phi) is 4.42. The molecule has 2 rings (SSSR count). The number of morpholine rings is 1. The van der Waals surface area contributed by atoms with Crippen molar-refractivity contribution in [1.82, 2.24) is 10.2 Å². The van der Waals surface area contributed by atoms with Crippen molar-refractivity contribution in [2.75, 3.05) is 39.3 Å². The number of hydrogen-bond acceptors (Lipinski definition) is 3. The third-order valence-corrected chi connectivity index (χ3v) is 3.22. The molecule has 1 aliphatic heterocycles. The van der Waals surface area contributed by atoms with Crippen LogP contribution in [0.1, 0.15) is 26.2 Å². The van der Waals surface area contributed by atoms with Gasteiger partial charge in [0.05, 0.1) is 12.7 Å². The second-order valence-corrected chi connectivity index (χ2v) is 4.90. The SMILES string of the molecule is CCCN(CC1CC1)CC1CNCCO1. The van der Waals surface area contributed by atoms with Crippen molar-refractivity contribution < 1.29 is 4.74 Å². The summed E-state index contributed by atoms with van der Waals surface area (Å²) < 4.78 is 5.75. The number of hydrogen-bond donors (Lipinski definition) is 1. The zero-order chi connectivity index (χ0) is 10.5. The minimum absolute atomic E-state index is 0.420. The molecule has 1 heterocycles. The van der Waals surface area contributed by atoms with Gasteiger partial charge in [0, 0.05) is 26.2 Å². The summed E-state index contributed by atoms with van der Waals surface area (Å²) in [6.07, 6.45) is 4.57. The van der Waals surface area contributed by atoms with E-state index in [0.29, 0.717) is 6.10 Å². The van der Waals surface area contributed by atoms with E-state index in [1.54, 1.807) is 0 Å². The van der Waals surface area contributed by atoms with E-state index in [9.17, 15) is 0 Å². The number of rotatable bonds is 6. The fourth-order valence-electron chi connectivity index (χ4n) is 2.26. The predicted molar refractivity (Wildman–Crippen MR) is 62.1 cm³/mol. The quantitative estimate of drug-likeness (QED) is 0.713. The van der Waals surface area contributed by atoms with Crippen molar-refractivity contribution in [3.05, 3.63) is 0 Å². The maximum absolute atomic E-state index is 5.75. The molecule has 1 saturated carbocycles. The van der Waals surface area contributed by atoms with E-state index >= 15 is 0 Å². The summed E-state index contributed by atoms with van der Waals surface area (Å²) >= 11 is 0. The average Bonchev–Trinajstić information content (AvgIpc) is 3.03. The molecule has 1 aliphatic carbocycles. The second-order valence-electron chi connectivity index (χ2n) is 4.90. The van der Waals surface area contributed by atoms with Crippen LogP contribution in [0.15, 0.2) is 0 Å². The van der Waals surface area contributed by atoms with E-state index < -0.39 is 0 Å². The molecule has 1 unspecified atom stereocenters. The summed E-state index contributed by atoms with van der Waals surface area (Å²) in [6, 6.07) is 0. The van der Waals surface area contributed by atoms with Gasteiger partial charge in [0.25, 0.3) is 0 Å². The molecular weight excluding hydrogens is 188 g/mol. The molecule has 0 aromatic carbocycles. The Labute approximate surface area is 93.2 Å². The Morgan fingerprint density at radius 2 is 2.20 bits per heavy atom. The molecule has 1 saturated heterocycles. The fourth-order valence-corrected chi connectivity index (χ4v) is 2.26. The van der Waals surface area contributed by atoms with Crippen LogP contribution in [0.5, 0.6) is 0 Å². The van der Waals surface area contributed by atoms with Gasteiger partial charge in [-0.1, -0.05) is 6.92 Å². The average molecular weight is 212 g/mol. The molecule has 1 atom stereocenters. The van der Waals surface area contributed by atoms with Gasteiger partial charge in [-0.05, 0) is 31.7 Å². The van der Waals surface area contributed by atoms with Crippen LogP contribution in [0.2, 0.25) is 0 Å². The minimum atomic E-state index is 0.420. The van der Waals surface area contributed by atoms with E-state index in [1.807, 2.05) is 0 Å². The molecule has 15 heavy (non-hydrogen) atoms. The lowest BCUT2D eigenvalue weighted by Gasteiger charge is -2.30. The van der Waals surface area contributed by atoms with E-state index in [4.69, 9.17) is 4.74 Å². The largest absolute Gasteiger partial charge is 0.374 e. The first-order chi connectivity index (χ1) is 7.38. The standard InChI is InChI=1S/C12H24N2O/c1-2-6-14(9-11-3-4-11)10-12-8-13-5-7-15-12/h11-13H,2-10H2,1H3. The van der Waals surface area contributed by atoms with Gasteiger partial charge in [-0.25, -0.2) is 0 Å². The van der Waals surface area contributed by atoms with Crippen LogP contribution >= 0.6 is 0 Å². The van der Waals surface area contributed by atoms with Crippen LogP contribution in [-0.4, -0.2) is 50.3 Å². The normalized spacial score (nSPS) is 27.2. The summed E-state index contributed by atoms with van der Waals surface area (Å²) in [5.74, 6) is 0.994. The summed E-state index contributed by atoms with van der Waals surface area (Å²) in [4.78, 5) is 2.59. The van der Waals surface area contributed by atoms with Crippen molar-refractivity contribution >= 4 is 0 Å². The van der Waals surface area contributed by atoms with Crippen molar-refractivity contribution in [2.24, 2.45) is 5.92 Å². The van der Waals surface area contributed by atoms with Crippen molar-refractivity contribution in [3.63, 3.8) is 0 Å². The van der Waals surface area contributed by atoms with E-state index in [-0.39, 0.29) is 0 Å². The van der Waals surface area contributed by atoms with Crippen LogP contribution in [0.25, 0.3) is 0 Å². The lowest BCUT2D eigenvalue weighted by atomic mass is 10.2. The van der Waals surface area contributed by atoms with Crippen LogP contribution in [0.3, 0.4) is 0 Å². The van der Waals surface area contributed by atoms with E-state index in [2.05, 4.69) is 17.1 Å². The minimum Gasteiger partial charge on any atom is -0.374 e. The van der Waals surface area contributed by atoms with E-state index in [1.165, 1.54) is 32.4 Å². The summed E-state index contributed by atoms with van der Waals surface area (Å²) in [6.45, 7) is 8.85. The van der Waals surface area contributed by atoms with Crippen molar-refractivity contribution in [1.29, 1.82) is 0 Å². The molecular formula is C12H24N2O. The summed E-state index contributed by atoms with van der Waals surface area (Å²) in [7, 11) is 0. The number of nitrogens with one attached hydrogen (secondary N) is 1. The second kappa shape index (κ2) is 5.83. The van der Waals surface area contributed by atoms with Gasteiger partial charge in [0.2, 0.25) is 0 Å². The molecule has 2 fully saturated rings. The Bertz CT molecular complexity index is 176. The van der Waals surface area contributed by atoms with Crippen LogP contribution in [0.4, 0.5) is 0 Å². The van der Waals surface area contributed by atoms with E-state index in [0.717, 1.165) is 32.2 Å². The van der Waals surface area contributed by atoms with Crippen LogP contribution in [-0.2, 0) is 4.74 Å². The van der Waals surface area contributed by atoms with Gasteiger partial charge in [-0.2, -0.15) is 0 Å². The highest BCUT2D eigenvalue weighted by molar-refractivity contribution is 4.79. The lowest BCUT2D eigenvalue weighted by molar-refractivity contribution is 0.00472. The maximum atomic E-state index is 5.75. The monoisotopic (exact) mass is 212 g/mol. The van der Waals surface area contributed by atoms with Gasteiger partial charge >= 0.3 is 0 Å². The first-order valence-electron chi connectivity index (χ1n) is 6.43. The Morgan fingerprint density at radius 1 is 1.33 bits per heavy atom. The van der Waals surface area contributed by atoms with Gasteiger partial charge in [0.15, 0.2) is 0 Å². The first kappa shape index (κ1) is 11.4. The van der Waals surface area contributed by atoms with Gasteiger partial charge < -0.3 is 15.0 Å². The molecule has 0 radical (unpaired) electrons. The van der Waals surface area contributed by atoms with Crippen molar-refractivity contribution in [2.45, 2.75) is 32.3 Å². The lowest BCUT2D eigenvalue weighted by Crippen LogP contribution is -2.45. The molecule has 1 N–H and O–H groups in total. The molecule has 3 nitrogen and oxygen atoms in total. The first-order valence-corrected chi connectivity index (χ1v) is 6.43. The molecule has 0 aromatic heterocycles. The predicted octanol–water partition coefficient (Wildman–Crippen LogP) is 1.10. The smallest absolute Gasteiger partial charge is 0.0826 e. The maximum Gasteiger partial charge on any atom is 0.0826 e. The highest BCUT2D eigenvalue weighted by Gasteiger charge is 2.25. The molecule has 88 valence electrons. The molecule has 2 aliphatic rings. The van der Waals surface area contributed by atoms with Gasteiger partial charge in [-0.15, -0.1) is 0 Å². The molecule has 0 aromatic rings. The van der Waals surface area contributed by atoms with Gasteiger partial charge in [0.1, 0.15) is 0 Å². The zero-order valence-electron chi connectivity index (χ0n) is 9.87. The zero-order valence-corrected chi connectivity index (χ0v) is 9.87. The summed E-state index contributed by atoms with van der Waals surface area (Å²) in [5, 5.41) is 3.40. The molecule has 0 spiro atoms. The van der Waals surface area contributed by atoms with Crippen molar-refractivity contribution in [3.8, 4) is 0 Å². The Hall–Kier alpha value is -0.120. The topological polar surface area (TPSA) is 24.5 Å². The molecule has 0 amide bonds.